The Morgan fingerprint density at radius 2 is 2.50 bits per heavy atom. The molecule has 1 aromatic rings. The third-order valence-electron chi connectivity index (χ3n) is 3.14. The van der Waals surface area contributed by atoms with Crippen molar-refractivity contribution >= 4 is 5.91 Å². The number of nitrogens with one attached hydrogen (secondary N) is 1. The maximum Gasteiger partial charge on any atom is 0.250 e. The number of benzene rings is 1. The maximum atomic E-state index is 12.0. The number of amides is 1. The summed E-state index contributed by atoms with van der Waals surface area (Å²) in [4.78, 5) is 12.0. The lowest BCUT2D eigenvalue weighted by molar-refractivity contribution is -0.130. The number of carbonyl (C=O) groups excluding carboxylic acids is 1. The van der Waals surface area contributed by atoms with Crippen molar-refractivity contribution in [1.82, 2.24) is 5.32 Å². The maximum absolute atomic E-state index is 12.0. The number of nitriles is 1. The zero-order valence-corrected chi connectivity index (χ0v) is 11.5. The minimum Gasteiger partial charge on any atom is -0.494 e. The zero-order chi connectivity index (χ0) is 14.4. The van der Waals surface area contributed by atoms with Crippen LogP contribution in [0.2, 0.25) is 0 Å². The Hall–Kier alpha value is -2.06. The van der Waals surface area contributed by atoms with E-state index in [1.165, 1.54) is 0 Å². The summed E-state index contributed by atoms with van der Waals surface area (Å²) >= 11 is 0. The standard InChI is InChI=1S/C15H18N2O3/c1-2-19-12-6-3-5-11(9-12)13(10-16)17-15(18)14-7-4-8-20-14/h3,5-6,9,13-14H,2,4,7-8H2,1H3,(H,17,18). The lowest BCUT2D eigenvalue weighted by Crippen LogP contribution is -2.36. The molecule has 2 rings (SSSR count). The fourth-order valence-corrected chi connectivity index (χ4v) is 2.16. The summed E-state index contributed by atoms with van der Waals surface area (Å²) in [5.41, 5.74) is 0.713. The molecule has 0 aromatic heterocycles. The highest BCUT2D eigenvalue weighted by Crippen LogP contribution is 2.20. The van der Waals surface area contributed by atoms with Crippen LogP contribution in [0, 0.1) is 11.3 Å². The quantitative estimate of drug-likeness (QED) is 0.890. The molecule has 5 heteroatoms. The second kappa shape index (κ2) is 6.92. The van der Waals surface area contributed by atoms with Gasteiger partial charge in [-0.15, -0.1) is 0 Å². The van der Waals surface area contributed by atoms with Crippen LogP contribution in [0.4, 0.5) is 0 Å². The molecule has 2 unspecified atom stereocenters. The Balaban J connectivity index is 2.05. The molecule has 0 aliphatic carbocycles. The monoisotopic (exact) mass is 274 g/mol. The van der Waals surface area contributed by atoms with Crippen molar-refractivity contribution in [2.75, 3.05) is 13.2 Å². The van der Waals surface area contributed by atoms with Crippen LogP contribution in [0.5, 0.6) is 5.75 Å². The van der Waals surface area contributed by atoms with Crippen LogP contribution in [0.25, 0.3) is 0 Å². The Kier molecular flexibility index (Phi) is 4.97. The van der Waals surface area contributed by atoms with E-state index in [0.29, 0.717) is 30.9 Å². The molecule has 2 atom stereocenters. The van der Waals surface area contributed by atoms with E-state index < -0.39 is 12.1 Å². The lowest BCUT2D eigenvalue weighted by Gasteiger charge is -2.16. The van der Waals surface area contributed by atoms with E-state index in [0.717, 1.165) is 6.42 Å². The number of hydrogen-bond acceptors (Lipinski definition) is 4. The van der Waals surface area contributed by atoms with Gasteiger partial charge in [-0.05, 0) is 37.5 Å². The van der Waals surface area contributed by atoms with Crippen molar-refractivity contribution in [3.05, 3.63) is 29.8 Å². The van der Waals surface area contributed by atoms with E-state index in [1.807, 2.05) is 19.1 Å². The summed E-state index contributed by atoms with van der Waals surface area (Å²) in [6, 6.07) is 8.61. The van der Waals surface area contributed by atoms with Crippen molar-refractivity contribution in [3.8, 4) is 11.8 Å². The molecule has 5 nitrogen and oxygen atoms in total. The summed E-state index contributed by atoms with van der Waals surface area (Å²) in [6.45, 7) is 3.06. The van der Waals surface area contributed by atoms with Crippen molar-refractivity contribution in [2.45, 2.75) is 31.9 Å². The molecule has 0 saturated carbocycles. The van der Waals surface area contributed by atoms with Crippen molar-refractivity contribution < 1.29 is 14.3 Å². The average molecular weight is 274 g/mol. The van der Waals surface area contributed by atoms with Crippen LogP contribution in [-0.4, -0.2) is 25.2 Å². The van der Waals surface area contributed by atoms with Crippen molar-refractivity contribution in [1.29, 1.82) is 5.26 Å². The van der Waals surface area contributed by atoms with Gasteiger partial charge in [-0.3, -0.25) is 4.79 Å². The van der Waals surface area contributed by atoms with Crippen molar-refractivity contribution in [2.24, 2.45) is 0 Å². The van der Waals surface area contributed by atoms with Gasteiger partial charge in [-0.25, -0.2) is 0 Å². The predicted molar refractivity (Wildman–Crippen MR) is 73.1 cm³/mol. The van der Waals surface area contributed by atoms with Gasteiger partial charge in [0.15, 0.2) is 0 Å². The average Bonchev–Trinajstić information content (AvgIpc) is 2.99. The summed E-state index contributed by atoms with van der Waals surface area (Å²) in [5, 5.41) is 12.0. The molecular formula is C15H18N2O3. The van der Waals surface area contributed by atoms with Crippen LogP contribution in [-0.2, 0) is 9.53 Å². The van der Waals surface area contributed by atoms with Gasteiger partial charge in [-0.1, -0.05) is 12.1 Å². The van der Waals surface area contributed by atoms with Gasteiger partial charge in [0, 0.05) is 6.61 Å². The Bertz CT molecular complexity index is 504. The molecule has 20 heavy (non-hydrogen) atoms. The van der Waals surface area contributed by atoms with Gasteiger partial charge in [-0.2, -0.15) is 5.26 Å². The fraction of sp³-hybridized carbons (Fsp3) is 0.467. The molecule has 1 aliphatic rings. The van der Waals surface area contributed by atoms with E-state index in [9.17, 15) is 10.1 Å². The molecule has 0 spiro atoms. The molecule has 0 radical (unpaired) electrons. The summed E-state index contributed by atoms with van der Waals surface area (Å²) < 4.78 is 10.7. The topological polar surface area (TPSA) is 71.3 Å². The van der Waals surface area contributed by atoms with E-state index in [1.54, 1.807) is 12.1 Å². The Morgan fingerprint density at radius 3 is 3.15 bits per heavy atom. The number of hydrogen-bond donors (Lipinski definition) is 1. The molecule has 1 fully saturated rings. The number of ether oxygens (including phenoxy) is 2. The summed E-state index contributed by atoms with van der Waals surface area (Å²) in [6.07, 6.45) is 1.17. The van der Waals surface area contributed by atoms with E-state index in [4.69, 9.17) is 9.47 Å². The van der Waals surface area contributed by atoms with Crippen LogP contribution in [0.3, 0.4) is 0 Å². The minimum atomic E-state index is -0.688. The second-order valence-corrected chi connectivity index (χ2v) is 4.58. The van der Waals surface area contributed by atoms with Gasteiger partial charge >= 0.3 is 0 Å². The summed E-state index contributed by atoms with van der Waals surface area (Å²) in [5.74, 6) is 0.465. The summed E-state index contributed by atoms with van der Waals surface area (Å²) in [7, 11) is 0. The Labute approximate surface area is 118 Å². The smallest absolute Gasteiger partial charge is 0.250 e. The van der Waals surface area contributed by atoms with Crippen molar-refractivity contribution in [3.63, 3.8) is 0 Å². The van der Waals surface area contributed by atoms with Gasteiger partial charge in [0.25, 0.3) is 0 Å². The SMILES string of the molecule is CCOc1cccc(C(C#N)NC(=O)C2CCCO2)c1. The van der Waals surface area contributed by atoms with Gasteiger partial charge in [0.1, 0.15) is 17.9 Å². The predicted octanol–water partition coefficient (Wildman–Crippen LogP) is 1.95. The third kappa shape index (κ3) is 3.49. The normalized spacial score (nSPS) is 19.1. The first kappa shape index (κ1) is 14.4. The van der Waals surface area contributed by atoms with Crippen LogP contribution < -0.4 is 10.1 Å². The first-order valence-electron chi connectivity index (χ1n) is 6.79. The van der Waals surface area contributed by atoms with Crippen LogP contribution >= 0.6 is 0 Å². The highest BCUT2D eigenvalue weighted by Gasteiger charge is 2.26. The first-order chi connectivity index (χ1) is 9.74. The zero-order valence-electron chi connectivity index (χ0n) is 11.5. The third-order valence-corrected chi connectivity index (χ3v) is 3.14. The van der Waals surface area contributed by atoms with E-state index in [-0.39, 0.29) is 5.91 Å². The molecule has 106 valence electrons. The van der Waals surface area contributed by atoms with Gasteiger partial charge in [0.2, 0.25) is 5.91 Å². The molecule has 1 amide bonds. The molecule has 1 aliphatic heterocycles. The largest absolute Gasteiger partial charge is 0.494 e. The number of rotatable bonds is 5. The molecule has 0 bridgehead atoms. The fourth-order valence-electron chi connectivity index (χ4n) is 2.16. The Morgan fingerprint density at radius 1 is 1.65 bits per heavy atom. The second-order valence-electron chi connectivity index (χ2n) is 4.58. The molecule has 1 N–H and O–H groups in total. The van der Waals surface area contributed by atoms with E-state index in [2.05, 4.69) is 11.4 Å². The highest BCUT2D eigenvalue weighted by atomic mass is 16.5. The highest BCUT2D eigenvalue weighted by molar-refractivity contribution is 5.81. The first-order valence-corrected chi connectivity index (χ1v) is 6.79. The number of carbonyl (C=O) groups is 1. The van der Waals surface area contributed by atoms with Gasteiger partial charge in [0.05, 0.1) is 12.7 Å². The molecule has 1 heterocycles. The van der Waals surface area contributed by atoms with E-state index >= 15 is 0 Å². The van der Waals surface area contributed by atoms with Gasteiger partial charge < -0.3 is 14.8 Å². The number of nitrogens with zero attached hydrogens (tertiary/aromatic N) is 1. The molecular weight excluding hydrogens is 256 g/mol. The van der Waals surface area contributed by atoms with Crippen LogP contribution in [0.1, 0.15) is 31.4 Å². The minimum absolute atomic E-state index is 0.226. The molecule has 1 saturated heterocycles. The molecule has 1 aromatic carbocycles. The van der Waals surface area contributed by atoms with Crippen LogP contribution in [0.15, 0.2) is 24.3 Å². The lowest BCUT2D eigenvalue weighted by atomic mass is 10.1.